The molecular formula is C11H12N2O5S2. The third-order valence-corrected chi connectivity index (χ3v) is 6.42. The molecule has 1 saturated heterocycles. The Morgan fingerprint density at radius 3 is 2.80 bits per heavy atom. The van der Waals surface area contributed by atoms with E-state index in [9.17, 15) is 13.2 Å². The number of ether oxygens (including phenoxy) is 1. The average Bonchev–Trinajstić information content (AvgIpc) is 3.05. The summed E-state index contributed by atoms with van der Waals surface area (Å²) < 4.78 is 30.9. The van der Waals surface area contributed by atoms with Crippen molar-refractivity contribution in [1.82, 2.24) is 4.31 Å². The van der Waals surface area contributed by atoms with E-state index in [0.29, 0.717) is 0 Å². The first-order valence-electron chi connectivity index (χ1n) is 5.67. The van der Waals surface area contributed by atoms with Gasteiger partial charge in [0, 0.05) is 20.1 Å². The number of thiophene rings is 1. The fraction of sp³-hybridized carbons (Fsp3) is 0.455. The second-order valence-corrected chi connectivity index (χ2v) is 7.45. The van der Waals surface area contributed by atoms with Gasteiger partial charge >= 0.3 is 5.97 Å². The summed E-state index contributed by atoms with van der Waals surface area (Å²) in [6.07, 6.45) is -0.331. The minimum atomic E-state index is -3.93. The zero-order chi connectivity index (χ0) is 14.9. The highest BCUT2D eigenvalue weighted by Gasteiger charge is 2.44. The number of methoxy groups -OCH3 is 1. The lowest BCUT2D eigenvalue weighted by molar-refractivity contribution is -0.140. The number of sulfonamides is 1. The van der Waals surface area contributed by atoms with E-state index in [0.717, 1.165) is 15.6 Å². The second-order valence-electron chi connectivity index (χ2n) is 4.25. The summed E-state index contributed by atoms with van der Waals surface area (Å²) in [6.45, 7) is -0.00438. The molecule has 7 nitrogen and oxygen atoms in total. The molecular weight excluding hydrogens is 304 g/mol. The lowest BCUT2D eigenvalue weighted by Crippen LogP contribution is -2.40. The summed E-state index contributed by atoms with van der Waals surface area (Å²) in [6, 6.07) is 3.43. The predicted octanol–water partition coefficient (Wildman–Crippen LogP) is 0.482. The fourth-order valence-electron chi connectivity index (χ4n) is 2.06. The maximum absolute atomic E-state index is 12.4. The highest BCUT2D eigenvalue weighted by Crippen LogP contribution is 2.31. The average molecular weight is 316 g/mol. The van der Waals surface area contributed by atoms with Crippen molar-refractivity contribution in [3.8, 4) is 6.07 Å². The summed E-state index contributed by atoms with van der Waals surface area (Å²) in [4.78, 5) is 11.5. The van der Waals surface area contributed by atoms with Gasteiger partial charge < -0.3 is 9.84 Å². The van der Waals surface area contributed by atoms with Gasteiger partial charge in [0.2, 0.25) is 0 Å². The molecule has 0 saturated carbocycles. The van der Waals surface area contributed by atoms with Crippen LogP contribution in [0.3, 0.4) is 0 Å². The number of carboxylic acids is 1. The molecule has 1 aliphatic rings. The lowest BCUT2D eigenvalue weighted by Gasteiger charge is -2.19. The predicted molar refractivity (Wildman–Crippen MR) is 69.8 cm³/mol. The van der Waals surface area contributed by atoms with Gasteiger partial charge in [-0.15, -0.1) is 11.3 Å². The third kappa shape index (κ3) is 2.55. The Hall–Kier alpha value is -1.47. The molecule has 1 aliphatic heterocycles. The largest absolute Gasteiger partial charge is 0.480 e. The number of carboxylic acid groups (broad SMARTS) is 1. The SMILES string of the molecule is COC1CC(C(=O)O)N(S(=O)(=O)c2ccc(C#N)s2)C1. The number of rotatable bonds is 4. The van der Waals surface area contributed by atoms with E-state index in [1.165, 1.54) is 19.2 Å². The maximum atomic E-state index is 12.4. The molecule has 0 amide bonds. The molecule has 1 aromatic rings. The van der Waals surface area contributed by atoms with Crippen LogP contribution >= 0.6 is 11.3 Å². The first-order chi connectivity index (χ1) is 9.40. The zero-order valence-electron chi connectivity index (χ0n) is 10.5. The summed E-state index contributed by atoms with van der Waals surface area (Å²) in [5.41, 5.74) is 0. The Bertz CT molecular complexity index is 661. The topological polar surface area (TPSA) is 108 Å². The van der Waals surface area contributed by atoms with Crippen molar-refractivity contribution in [3.05, 3.63) is 17.0 Å². The van der Waals surface area contributed by atoms with Crippen LogP contribution in [0.5, 0.6) is 0 Å². The Labute approximate surface area is 120 Å². The number of hydrogen-bond acceptors (Lipinski definition) is 6. The van der Waals surface area contributed by atoms with Crippen molar-refractivity contribution in [1.29, 1.82) is 5.26 Å². The number of hydrogen-bond donors (Lipinski definition) is 1. The van der Waals surface area contributed by atoms with E-state index in [-0.39, 0.29) is 22.1 Å². The van der Waals surface area contributed by atoms with Crippen molar-refractivity contribution in [2.45, 2.75) is 22.8 Å². The molecule has 0 bridgehead atoms. The van der Waals surface area contributed by atoms with Crippen molar-refractivity contribution in [2.24, 2.45) is 0 Å². The van der Waals surface area contributed by atoms with Crippen LogP contribution in [0, 0.1) is 11.3 Å². The van der Waals surface area contributed by atoms with Crippen molar-refractivity contribution in [3.63, 3.8) is 0 Å². The fourth-order valence-corrected chi connectivity index (χ4v) is 4.92. The molecule has 0 aliphatic carbocycles. The molecule has 0 spiro atoms. The highest BCUT2D eigenvalue weighted by molar-refractivity contribution is 7.91. The van der Waals surface area contributed by atoms with Crippen LogP contribution in [0.1, 0.15) is 11.3 Å². The molecule has 1 N–H and O–H groups in total. The number of nitrogens with zero attached hydrogens (tertiary/aromatic N) is 2. The van der Waals surface area contributed by atoms with Crippen molar-refractivity contribution >= 4 is 27.3 Å². The maximum Gasteiger partial charge on any atom is 0.322 e. The number of nitriles is 1. The lowest BCUT2D eigenvalue weighted by atomic mass is 10.2. The van der Waals surface area contributed by atoms with Gasteiger partial charge in [0.05, 0.1) is 6.10 Å². The molecule has 2 rings (SSSR count). The van der Waals surface area contributed by atoms with Crippen LogP contribution in [0.2, 0.25) is 0 Å². The molecule has 2 unspecified atom stereocenters. The zero-order valence-corrected chi connectivity index (χ0v) is 12.1. The van der Waals surface area contributed by atoms with Gasteiger partial charge in [0.15, 0.2) is 0 Å². The molecule has 108 valence electrons. The Morgan fingerprint density at radius 2 is 2.30 bits per heavy atom. The highest BCUT2D eigenvalue weighted by atomic mass is 32.2. The van der Waals surface area contributed by atoms with Gasteiger partial charge in [-0.05, 0) is 12.1 Å². The monoisotopic (exact) mass is 316 g/mol. The van der Waals surface area contributed by atoms with E-state index >= 15 is 0 Å². The number of aliphatic carboxylic acids is 1. The summed E-state index contributed by atoms with van der Waals surface area (Å²) in [5.74, 6) is -1.20. The van der Waals surface area contributed by atoms with Crippen LogP contribution in [0.15, 0.2) is 16.3 Å². The van der Waals surface area contributed by atoms with E-state index < -0.39 is 28.1 Å². The molecule has 1 fully saturated rings. The molecule has 0 radical (unpaired) electrons. The molecule has 1 aromatic heterocycles. The van der Waals surface area contributed by atoms with Gasteiger partial charge in [-0.1, -0.05) is 0 Å². The van der Waals surface area contributed by atoms with Gasteiger partial charge in [-0.3, -0.25) is 4.79 Å². The van der Waals surface area contributed by atoms with E-state index in [2.05, 4.69) is 0 Å². The Kier molecular flexibility index (Phi) is 4.10. The van der Waals surface area contributed by atoms with Crippen LogP contribution < -0.4 is 0 Å². The van der Waals surface area contributed by atoms with Gasteiger partial charge in [0.25, 0.3) is 10.0 Å². The van der Waals surface area contributed by atoms with Crippen LogP contribution in [0.25, 0.3) is 0 Å². The smallest absolute Gasteiger partial charge is 0.322 e. The second kappa shape index (κ2) is 5.49. The summed E-state index contributed by atoms with van der Waals surface area (Å²) in [7, 11) is -2.51. The molecule has 2 heterocycles. The van der Waals surface area contributed by atoms with Crippen LogP contribution in [0.4, 0.5) is 0 Å². The van der Waals surface area contributed by atoms with Crippen molar-refractivity contribution in [2.75, 3.05) is 13.7 Å². The van der Waals surface area contributed by atoms with Crippen molar-refractivity contribution < 1.29 is 23.1 Å². The van der Waals surface area contributed by atoms with Gasteiger partial charge in [-0.25, -0.2) is 8.42 Å². The minimum Gasteiger partial charge on any atom is -0.480 e. The first-order valence-corrected chi connectivity index (χ1v) is 7.93. The minimum absolute atomic E-state index is 0.00438. The Balaban J connectivity index is 2.37. The van der Waals surface area contributed by atoms with Crippen LogP contribution in [-0.2, 0) is 19.6 Å². The number of carbonyl (C=O) groups is 1. The summed E-state index contributed by atoms with van der Waals surface area (Å²) >= 11 is 0.825. The van der Waals surface area contributed by atoms with Crippen LogP contribution in [-0.4, -0.2) is 49.6 Å². The van der Waals surface area contributed by atoms with Gasteiger partial charge in [0.1, 0.15) is 21.2 Å². The normalized spacial score (nSPS) is 23.6. The Morgan fingerprint density at radius 1 is 1.60 bits per heavy atom. The molecule has 9 heteroatoms. The standard InChI is InChI=1S/C11H12N2O5S2/c1-18-7-4-9(11(14)15)13(6-7)20(16,17)10-3-2-8(5-12)19-10/h2-3,7,9H,4,6H2,1H3,(H,14,15). The molecule has 0 aromatic carbocycles. The quantitative estimate of drug-likeness (QED) is 0.865. The molecule has 2 atom stereocenters. The first kappa shape index (κ1) is 14.9. The third-order valence-electron chi connectivity index (χ3n) is 3.09. The van der Waals surface area contributed by atoms with E-state index in [1.54, 1.807) is 0 Å². The van der Waals surface area contributed by atoms with E-state index in [4.69, 9.17) is 15.1 Å². The van der Waals surface area contributed by atoms with Gasteiger partial charge in [-0.2, -0.15) is 9.57 Å². The molecule has 20 heavy (non-hydrogen) atoms. The van der Waals surface area contributed by atoms with E-state index in [1.807, 2.05) is 6.07 Å². The summed E-state index contributed by atoms with van der Waals surface area (Å²) in [5, 5.41) is 17.9.